The second-order valence-electron chi connectivity index (χ2n) is 9.43. The van der Waals surface area contributed by atoms with Gasteiger partial charge in [0.1, 0.15) is 5.75 Å². The van der Waals surface area contributed by atoms with Crippen LogP contribution in [0.1, 0.15) is 24.0 Å². The molecule has 38 heavy (non-hydrogen) atoms. The number of para-hydroxylation sites is 1. The smallest absolute Gasteiger partial charge is 0.387 e. The molecule has 1 aliphatic rings. The van der Waals surface area contributed by atoms with E-state index in [1.807, 2.05) is 24.0 Å². The number of fused-ring (bicyclic) bond motifs is 1. The summed E-state index contributed by atoms with van der Waals surface area (Å²) >= 11 is 0. The number of hydrogen-bond donors (Lipinski definition) is 1. The summed E-state index contributed by atoms with van der Waals surface area (Å²) in [6.07, 6.45) is 4.54. The first-order chi connectivity index (χ1) is 18.2. The normalized spacial score (nSPS) is 14.4. The number of carboxylic acid groups (broad SMARTS) is 1. The van der Waals surface area contributed by atoms with Crippen LogP contribution < -0.4 is 15.2 Å². The maximum absolute atomic E-state index is 13.0. The molecule has 9 nitrogen and oxygen atoms in total. The molecule has 4 aromatic rings. The van der Waals surface area contributed by atoms with Gasteiger partial charge in [-0.1, -0.05) is 18.2 Å². The highest BCUT2D eigenvalue weighted by Crippen LogP contribution is 2.29. The van der Waals surface area contributed by atoms with Crippen LogP contribution >= 0.6 is 0 Å². The highest BCUT2D eigenvalue weighted by molar-refractivity contribution is 5.86. The van der Waals surface area contributed by atoms with Crippen LogP contribution in [0.25, 0.3) is 22.0 Å². The largest absolute Gasteiger partial charge is 0.481 e. The Morgan fingerprint density at radius 2 is 1.84 bits per heavy atom. The third-order valence-electron chi connectivity index (χ3n) is 7.09. The van der Waals surface area contributed by atoms with E-state index in [4.69, 9.17) is 0 Å². The molecule has 2 aromatic heterocycles. The minimum absolute atomic E-state index is 0.0560. The van der Waals surface area contributed by atoms with Gasteiger partial charge >= 0.3 is 12.6 Å². The van der Waals surface area contributed by atoms with Crippen LogP contribution in [0.15, 0.2) is 53.6 Å². The van der Waals surface area contributed by atoms with Gasteiger partial charge in [0, 0.05) is 43.7 Å². The molecule has 0 amide bonds. The molecule has 1 fully saturated rings. The van der Waals surface area contributed by atoms with Crippen LogP contribution in [-0.2, 0) is 18.4 Å². The van der Waals surface area contributed by atoms with Crippen LogP contribution in [0, 0.1) is 12.8 Å². The first kappa shape index (κ1) is 25.4. The van der Waals surface area contributed by atoms with Crippen molar-refractivity contribution in [3.63, 3.8) is 0 Å². The molecule has 2 aromatic carbocycles. The average Bonchev–Trinajstić information content (AvgIpc) is 3.13. The lowest BCUT2D eigenvalue weighted by Gasteiger charge is -2.30. The van der Waals surface area contributed by atoms with Crippen molar-refractivity contribution in [3.8, 4) is 16.9 Å². The molecule has 1 N–H and O–H groups in total. The van der Waals surface area contributed by atoms with Gasteiger partial charge in [-0.2, -0.15) is 8.78 Å². The number of ether oxygens (including phenoxy) is 1. The van der Waals surface area contributed by atoms with E-state index in [0.717, 1.165) is 16.7 Å². The Kier molecular flexibility index (Phi) is 6.83. The number of rotatable bonds is 7. The SMILES string of the molecule is Cc1cc2c(=O)n(C)n(Cc3ccccc3OC(F)F)c2cc1-c1cnc(N2CCC(C(=O)O)CC2)nc1. The Morgan fingerprint density at radius 3 is 2.50 bits per heavy atom. The first-order valence-corrected chi connectivity index (χ1v) is 12.3. The minimum Gasteiger partial charge on any atom is -0.481 e. The molecule has 0 spiro atoms. The van der Waals surface area contributed by atoms with Gasteiger partial charge in [-0.25, -0.2) is 9.97 Å². The van der Waals surface area contributed by atoms with Crippen molar-refractivity contribution in [3.05, 3.63) is 70.3 Å². The van der Waals surface area contributed by atoms with Gasteiger partial charge in [0.25, 0.3) is 5.56 Å². The fraction of sp³-hybridized carbons (Fsp3) is 0.333. The third kappa shape index (κ3) is 4.83. The number of piperidine rings is 1. The summed E-state index contributed by atoms with van der Waals surface area (Å²) in [6.45, 7) is 0.259. The quantitative estimate of drug-likeness (QED) is 0.390. The van der Waals surface area contributed by atoms with Crippen molar-refractivity contribution in [1.29, 1.82) is 0 Å². The van der Waals surface area contributed by atoms with E-state index in [2.05, 4.69) is 14.7 Å². The maximum Gasteiger partial charge on any atom is 0.387 e. The van der Waals surface area contributed by atoms with Crippen molar-refractivity contribution in [2.45, 2.75) is 32.9 Å². The predicted molar refractivity (Wildman–Crippen MR) is 138 cm³/mol. The number of carbonyl (C=O) groups is 1. The van der Waals surface area contributed by atoms with Crippen molar-refractivity contribution >= 4 is 22.8 Å². The second-order valence-corrected chi connectivity index (χ2v) is 9.43. The standard InChI is InChI=1S/C27H27F2N5O4/c1-16-11-21-22(34(32(2)24(21)35)15-18-5-3-4-6-23(18)38-26(28)29)12-20(16)19-13-30-27(31-14-19)33-9-7-17(8-10-33)25(36)37/h3-6,11-14,17,26H,7-10,15H2,1-2H3,(H,36,37). The zero-order valence-electron chi connectivity index (χ0n) is 21.0. The predicted octanol–water partition coefficient (Wildman–Crippen LogP) is 4.06. The number of anilines is 1. The van der Waals surface area contributed by atoms with Crippen LogP contribution in [0.3, 0.4) is 0 Å². The van der Waals surface area contributed by atoms with E-state index < -0.39 is 12.6 Å². The van der Waals surface area contributed by atoms with Crippen molar-refractivity contribution in [1.82, 2.24) is 19.3 Å². The lowest BCUT2D eigenvalue weighted by molar-refractivity contribution is -0.142. The molecule has 1 aliphatic heterocycles. The molecule has 0 radical (unpaired) electrons. The molecule has 198 valence electrons. The van der Waals surface area contributed by atoms with E-state index in [9.17, 15) is 23.5 Å². The Labute approximate surface area is 216 Å². The zero-order chi connectivity index (χ0) is 27.0. The zero-order valence-corrected chi connectivity index (χ0v) is 21.0. The number of halogens is 2. The summed E-state index contributed by atoms with van der Waals surface area (Å²) in [5.74, 6) is -0.502. The fourth-order valence-corrected chi connectivity index (χ4v) is 4.99. The highest BCUT2D eigenvalue weighted by atomic mass is 19.3. The molecule has 11 heteroatoms. The first-order valence-electron chi connectivity index (χ1n) is 12.3. The highest BCUT2D eigenvalue weighted by Gasteiger charge is 2.26. The summed E-state index contributed by atoms with van der Waals surface area (Å²) in [4.78, 5) is 35.3. The average molecular weight is 524 g/mol. The molecular weight excluding hydrogens is 496 g/mol. The lowest BCUT2D eigenvalue weighted by Crippen LogP contribution is -2.37. The molecule has 0 atom stereocenters. The number of aryl methyl sites for hydroxylation is 1. The summed E-state index contributed by atoms with van der Waals surface area (Å²) in [6, 6.07) is 10.2. The summed E-state index contributed by atoms with van der Waals surface area (Å²) in [7, 11) is 1.64. The van der Waals surface area contributed by atoms with E-state index >= 15 is 0 Å². The number of aromatic nitrogens is 4. The number of alkyl halides is 2. The number of benzene rings is 2. The molecule has 0 bridgehead atoms. The van der Waals surface area contributed by atoms with Gasteiger partial charge in [-0.05, 0) is 49.1 Å². The Balaban J connectivity index is 1.47. The van der Waals surface area contributed by atoms with Gasteiger partial charge in [0.05, 0.1) is 23.4 Å². The fourth-order valence-electron chi connectivity index (χ4n) is 4.99. The topological polar surface area (TPSA) is 102 Å². The third-order valence-corrected chi connectivity index (χ3v) is 7.09. The van der Waals surface area contributed by atoms with Crippen molar-refractivity contribution in [2.24, 2.45) is 13.0 Å². The van der Waals surface area contributed by atoms with Crippen LogP contribution in [0.2, 0.25) is 0 Å². The van der Waals surface area contributed by atoms with Gasteiger partial charge in [0.2, 0.25) is 5.95 Å². The number of carboxylic acids is 1. The molecule has 0 saturated carbocycles. The number of nitrogens with zero attached hydrogens (tertiary/aromatic N) is 5. The van der Waals surface area contributed by atoms with Crippen LogP contribution in [-0.4, -0.2) is 50.1 Å². The van der Waals surface area contributed by atoms with E-state index in [0.29, 0.717) is 48.3 Å². The summed E-state index contributed by atoms with van der Waals surface area (Å²) in [5.41, 5.74) is 3.43. The second kappa shape index (κ2) is 10.2. The maximum atomic E-state index is 13.0. The van der Waals surface area contributed by atoms with Crippen molar-refractivity contribution in [2.75, 3.05) is 18.0 Å². The van der Waals surface area contributed by atoms with Gasteiger partial charge < -0.3 is 14.7 Å². The van der Waals surface area contributed by atoms with Crippen LogP contribution in [0.4, 0.5) is 14.7 Å². The van der Waals surface area contributed by atoms with Crippen LogP contribution in [0.5, 0.6) is 5.75 Å². The molecule has 3 heterocycles. The van der Waals surface area contributed by atoms with Gasteiger partial charge in [0.15, 0.2) is 0 Å². The van der Waals surface area contributed by atoms with Gasteiger partial charge in [-0.15, -0.1) is 0 Å². The molecule has 1 saturated heterocycles. The molecular formula is C27H27F2N5O4. The Hall–Kier alpha value is -4.28. The number of hydrogen-bond acceptors (Lipinski definition) is 6. The Morgan fingerprint density at radius 1 is 1.16 bits per heavy atom. The van der Waals surface area contributed by atoms with Gasteiger partial charge in [-0.3, -0.25) is 19.0 Å². The molecule has 5 rings (SSSR count). The summed E-state index contributed by atoms with van der Waals surface area (Å²) in [5, 5.41) is 9.73. The van der Waals surface area contributed by atoms with Crippen molar-refractivity contribution < 1.29 is 23.4 Å². The summed E-state index contributed by atoms with van der Waals surface area (Å²) < 4.78 is 33.8. The monoisotopic (exact) mass is 523 g/mol. The molecule has 0 aliphatic carbocycles. The Bertz CT molecular complexity index is 1540. The lowest BCUT2D eigenvalue weighted by atomic mass is 9.97. The minimum atomic E-state index is -2.96. The van der Waals surface area contributed by atoms with E-state index in [1.165, 1.54) is 10.7 Å². The van der Waals surface area contributed by atoms with E-state index in [-0.39, 0.29) is 23.8 Å². The number of aliphatic carboxylic acids is 1. The molecule has 0 unspecified atom stereocenters. The van der Waals surface area contributed by atoms with E-state index in [1.54, 1.807) is 42.3 Å².